The van der Waals surface area contributed by atoms with Crippen LogP contribution in [0.15, 0.2) is 36.4 Å². The van der Waals surface area contributed by atoms with Crippen LogP contribution in [0.3, 0.4) is 0 Å². The molecule has 1 saturated heterocycles. The largest absolute Gasteiger partial charge is 0.462 e. The fourth-order valence-electron chi connectivity index (χ4n) is 4.26. The van der Waals surface area contributed by atoms with E-state index in [-0.39, 0.29) is 31.0 Å². The number of anilines is 1. The van der Waals surface area contributed by atoms with Crippen LogP contribution in [0.1, 0.15) is 97.9 Å². The Morgan fingerprint density at radius 2 is 1.72 bits per heavy atom. The lowest BCUT2D eigenvalue weighted by molar-refractivity contribution is -0.117. The van der Waals surface area contributed by atoms with Crippen molar-refractivity contribution in [3.8, 4) is 0 Å². The summed E-state index contributed by atoms with van der Waals surface area (Å²) in [6, 6.07) is 11.5. The lowest BCUT2D eigenvalue weighted by Gasteiger charge is -2.17. The Morgan fingerprint density at radius 3 is 2.33 bits per heavy atom. The summed E-state index contributed by atoms with van der Waals surface area (Å²) in [4.78, 5) is 27.0. The molecule has 1 aromatic heterocycles. The number of aliphatic hydroxyl groups is 4. The van der Waals surface area contributed by atoms with Gasteiger partial charge in [-0.05, 0) is 61.9 Å². The van der Waals surface area contributed by atoms with Gasteiger partial charge in [-0.1, -0.05) is 51.7 Å². The molecule has 1 aliphatic rings. The first kappa shape index (κ1) is 32.9. The van der Waals surface area contributed by atoms with Crippen molar-refractivity contribution in [3.05, 3.63) is 51.7 Å². The predicted molar refractivity (Wildman–Crippen MR) is 154 cm³/mol. The maximum Gasteiger partial charge on any atom is 0.348 e. The molecule has 1 fully saturated rings. The van der Waals surface area contributed by atoms with E-state index >= 15 is 0 Å². The van der Waals surface area contributed by atoms with Crippen LogP contribution in [0.5, 0.6) is 0 Å². The van der Waals surface area contributed by atoms with E-state index in [1.54, 1.807) is 6.07 Å². The molecule has 0 aliphatic carbocycles. The van der Waals surface area contributed by atoms with Gasteiger partial charge in [0.05, 0.1) is 25.4 Å². The molecule has 0 bridgehead atoms. The fraction of sp³-hybridized carbons (Fsp3) is 0.600. The Kier molecular flexibility index (Phi) is 15.3. The molecule has 3 atom stereocenters. The molecule has 0 saturated carbocycles. The number of esters is 1. The molecule has 1 amide bonds. The third-order valence-electron chi connectivity index (χ3n) is 6.61. The van der Waals surface area contributed by atoms with Gasteiger partial charge in [-0.25, -0.2) is 4.79 Å². The number of hydrogen-bond donors (Lipinski definition) is 4. The van der Waals surface area contributed by atoms with E-state index < -0.39 is 18.8 Å². The van der Waals surface area contributed by atoms with Crippen molar-refractivity contribution in [1.82, 2.24) is 0 Å². The maximum absolute atomic E-state index is 11.7. The van der Waals surface area contributed by atoms with E-state index in [1.165, 1.54) is 22.6 Å². The molecule has 8 nitrogen and oxygen atoms in total. The van der Waals surface area contributed by atoms with Crippen LogP contribution in [0.25, 0.3) is 0 Å². The van der Waals surface area contributed by atoms with Gasteiger partial charge in [-0.3, -0.25) is 4.79 Å². The second-order valence-electron chi connectivity index (χ2n) is 9.86. The number of carbonyl (C=O) groups excluding carboxylic acids is 2. The van der Waals surface area contributed by atoms with Gasteiger partial charge in [0.25, 0.3) is 0 Å². The number of aliphatic hydroxyl groups excluding tert-OH is 4. The van der Waals surface area contributed by atoms with Crippen LogP contribution in [-0.2, 0) is 16.0 Å². The van der Waals surface area contributed by atoms with E-state index in [2.05, 4.69) is 13.8 Å². The third-order valence-corrected chi connectivity index (χ3v) is 7.74. The highest BCUT2D eigenvalue weighted by molar-refractivity contribution is 7.13. The normalized spacial score (nSPS) is 15.4. The van der Waals surface area contributed by atoms with Crippen LogP contribution in [0, 0.1) is 0 Å². The Balaban J connectivity index is 0.000000274. The quantitative estimate of drug-likeness (QED) is 0.181. The van der Waals surface area contributed by atoms with E-state index in [9.17, 15) is 19.8 Å². The zero-order valence-electron chi connectivity index (χ0n) is 23.3. The third kappa shape index (κ3) is 11.4. The maximum atomic E-state index is 11.7. The molecule has 218 valence electrons. The van der Waals surface area contributed by atoms with Gasteiger partial charge in [-0.2, -0.15) is 0 Å². The van der Waals surface area contributed by atoms with Crippen LogP contribution in [0.4, 0.5) is 5.69 Å². The topological polar surface area (TPSA) is 128 Å². The molecule has 39 heavy (non-hydrogen) atoms. The lowest BCUT2D eigenvalue weighted by Crippen LogP contribution is -2.29. The van der Waals surface area contributed by atoms with E-state index in [4.69, 9.17) is 14.9 Å². The van der Waals surface area contributed by atoms with E-state index in [0.717, 1.165) is 56.3 Å². The van der Waals surface area contributed by atoms with E-state index in [1.807, 2.05) is 35.2 Å². The van der Waals surface area contributed by atoms with Crippen molar-refractivity contribution in [2.75, 3.05) is 24.7 Å². The lowest BCUT2D eigenvalue weighted by atomic mass is 10.0. The van der Waals surface area contributed by atoms with Gasteiger partial charge in [0, 0.05) is 23.5 Å². The summed E-state index contributed by atoms with van der Waals surface area (Å²) in [5.74, 6) is -0.147. The van der Waals surface area contributed by atoms with Crippen molar-refractivity contribution < 1.29 is 34.8 Å². The number of rotatable bonds is 15. The van der Waals surface area contributed by atoms with Gasteiger partial charge in [0.2, 0.25) is 5.91 Å². The summed E-state index contributed by atoms with van der Waals surface area (Å²) < 4.78 is 5.10. The first-order valence-corrected chi connectivity index (χ1v) is 14.9. The minimum Gasteiger partial charge on any atom is -0.462 e. The minimum atomic E-state index is -1.14. The molecule has 4 N–H and O–H groups in total. The highest BCUT2D eigenvalue weighted by Crippen LogP contribution is 2.25. The second kappa shape index (κ2) is 18.1. The highest BCUT2D eigenvalue weighted by atomic mass is 32.1. The molecular weight excluding hydrogens is 518 g/mol. The Bertz CT molecular complexity index is 978. The zero-order valence-corrected chi connectivity index (χ0v) is 24.1. The van der Waals surface area contributed by atoms with Crippen LogP contribution in [0.2, 0.25) is 0 Å². The second-order valence-corrected chi connectivity index (χ2v) is 11.0. The Morgan fingerprint density at radius 1 is 0.974 bits per heavy atom. The number of carbonyl (C=O) groups is 2. The highest BCUT2D eigenvalue weighted by Gasteiger charge is 2.21. The van der Waals surface area contributed by atoms with E-state index in [0.29, 0.717) is 17.7 Å². The van der Waals surface area contributed by atoms with Crippen molar-refractivity contribution in [3.63, 3.8) is 0 Å². The summed E-state index contributed by atoms with van der Waals surface area (Å²) in [5, 5.41) is 37.3. The number of nitrogens with zero attached hydrogens (tertiary/aromatic N) is 1. The molecule has 0 radical (unpaired) electrons. The molecule has 1 aromatic carbocycles. The van der Waals surface area contributed by atoms with Crippen molar-refractivity contribution in [2.24, 2.45) is 0 Å². The first-order valence-electron chi connectivity index (χ1n) is 14.1. The van der Waals surface area contributed by atoms with Crippen LogP contribution < -0.4 is 4.90 Å². The summed E-state index contributed by atoms with van der Waals surface area (Å²) in [6.45, 7) is 4.78. The molecule has 2 aromatic rings. The fourth-order valence-corrected chi connectivity index (χ4v) is 5.27. The van der Waals surface area contributed by atoms with Crippen LogP contribution in [-0.4, -0.2) is 64.3 Å². The number of thiophene rings is 1. The number of amides is 1. The number of hydrogen-bond acceptors (Lipinski definition) is 8. The molecule has 0 spiro atoms. The van der Waals surface area contributed by atoms with Crippen LogP contribution >= 0.6 is 11.3 Å². The van der Waals surface area contributed by atoms with Gasteiger partial charge in [0.1, 0.15) is 11.0 Å². The summed E-state index contributed by atoms with van der Waals surface area (Å²) >= 11 is 1.44. The smallest absolute Gasteiger partial charge is 0.348 e. The summed E-state index contributed by atoms with van der Waals surface area (Å²) in [7, 11) is 0. The Hall–Kier alpha value is -2.30. The standard InChI is InChI=1S/C16H23NO2.C14H22O5S/c1-2-3-4-6-15(18)13-8-10-14(11-9-13)17-12-5-7-16(17)19;1-2-4-10-6-7-13(20-10)14(18)19-8-3-5-11(16)12(17)9-15/h8-11,15,18H,2-7,12H2,1H3;6-7,11-12,15-17H,2-5,8-9H2,1H3/t15-;/m0./s1. The predicted octanol–water partition coefficient (Wildman–Crippen LogP) is 4.78. The average Bonchev–Trinajstić information content (AvgIpc) is 3.60. The van der Waals surface area contributed by atoms with Crippen molar-refractivity contribution >= 4 is 28.9 Å². The van der Waals surface area contributed by atoms with Gasteiger partial charge >= 0.3 is 5.97 Å². The van der Waals surface area contributed by atoms with Gasteiger partial charge in [0.15, 0.2) is 0 Å². The average molecular weight is 564 g/mol. The number of unbranched alkanes of at least 4 members (excludes halogenated alkanes) is 2. The Labute approximate surface area is 236 Å². The number of benzene rings is 1. The zero-order chi connectivity index (χ0) is 28.6. The molecule has 1 aliphatic heterocycles. The van der Waals surface area contributed by atoms with Gasteiger partial charge in [-0.15, -0.1) is 11.3 Å². The van der Waals surface area contributed by atoms with Gasteiger partial charge < -0.3 is 30.1 Å². The molecule has 3 rings (SSSR count). The molecule has 2 unspecified atom stereocenters. The monoisotopic (exact) mass is 563 g/mol. The molecular formula is C30H45NO7S. The summed E-state index contributed by atoms with van der Waals surface area (Å²) in [5.41, 5.74) is 1.90. The number of aryl methyl sites for hydroxylation is 1. The molecule has 9 heteroatoms. The van der Waals surface area contributed by atoms with Crippen molar-refractivity contribution in [1.29, 1.82) is 0 Å². The van der Waals surface area contributed by atoms with Crippen molar-refractivity contribution in [2.45, 2.75) is 96.4 Å². The summed E-state index contributed by atoms with van der Waals surface area (Å²) in [6.07, 6.45) is 6.02. The first-order chi connectivity index (χ1) is 18.8. The number of ether oxygens (including phenoxy) is 1. The minimum absolute atomic E-state index is 0.190. The molecule has 2 heterocycles. The SMILES string of the molecule is CCCCC[C@H](O)c1ccc(N2CCCC2=O)cc1.CCCc1ccc(C(=O)OCCCC(O)C(O)CO)s1.